The average molecular weight is 257 g/mol. The van der Waals surface area contributed by atoms with Gasteiger partial charge in [0.15, 0.2) is 0 Å². The topological polar surface area (TPSA) is 64.9 Å². The third-order valence-corrected chi connectivity index (χ3v) is 3.44. The van der Waals surface area contributed by atoms with Gasteiger partial charge in [0, 0.05) is 12.1 Å². The van der Waals surface area contributed by atoms with Crippen LogP contribution in [0.25, 0.3) is 22.2 Å². The summed E-state index contributed by atoms with van der Waals surface area (Å²) in [6, 6.07) is 11.7. The van der Waals surface area contributed by atoms with Gasteiger partial charge in [0.05, 0.1) is 4.88 Å². The summed E-state index contributed by atoms with van der Waals surface area (Å²) in [4.78, 5) is 5.39. The Balaban J connectivity index is 1.97. The Morgan fingerprint density at radius 2 is 2.17 bits per heavy atom. The normalized spacial score (nSPS) is 10.7. The number of hydrogen-bond donors (Lipinski definition) is 1. The van der Waals surface area contributed by atoms with E-state index >= 15 is 0 Å². The Morgan fingerprint density at radius 1 is 1.22 bits per heavy atom. The summed E-state index contributed by atoms with van der Waals surface area (Å²) in [5.74, 6) is 1.15. The predicted molar refractivity (Wildman–Crippen MR) is 70.9 cm³/mol. The molecule has 0 saturated heterocycles. The Hall–Kier alpha value is -1.98. The van der Waals surface area contributed by atoms with Crippen molar-refractivity contribution < 1.29 is 4.52 Å². The molecule has 0 amide bonds. The Morgan fingerprint density at radius 3 is 2.94 bits per heavy atom. The molecule has 0 aliphatic heterocycles. The maximum Gasteiger partial charge on any atom is 0.258 e. The molecule has 0 fully saturated rings. The fourth-order valence-electron chi connectivity index (χ4n) is 1.68. The summed E-state index contributed by atoms with van der Waals surface area (Å²) in [6.07, 6.45) is 0. The van der Waals surface area contributed by atoms with Crippen LogP contribution in [-0.2, 0) is 6.54 Å². The van der Waals surface area contributed by atoms with Gasteiger partial charge in [0.1, 0.15) is 0 Å². The first-order chi connectivity index (χ1) is 8.86. The second-order valence-corrected chi connectivity index (χ2v) is 4.75. The summed E-state index contributed by atoms with van der Waals surface area (Å²) in [5, 5.41) is 5.97. The number of nitrogens with two attached hydrogens (primary N) is 1. The number of rotatable bonds is 3. The molecular formula is C13H11N3OS. The van der Waals surface area contributed by atoms with Crippen LogP contribution in [-0.4, -0.2) is 10.1 Å². The lowest BCUT2D eigenvalue weighted by Gasteiger charge is -1.97. The first-order valence-electron chi connectivity index (χ1n) is 5.54. The highest BCUT2D eigenvalue weighted by molar-refractivity contribution is 7.13. The number of aromatic nitrogens is 2. The molecule has 0 aliphatic rings. The highest BCUT2D eigenvalue weighted by Gasteiger charge is 2.11. The van der Waals surface area contributed by atoms with E-state index in [-0.39, 0.29) is 0 Å². The molecule has 90 valence electrons. The molecule has 0 aliphatic carbocycles. The quantitative estimate of drug-likeness (QED) is 0.783. The van der Waals surface area contributed by atoms with E-state index in [4.69, 9.17) is 10.3 Å². The smallest absolute Gasteiger partial charge is 0.258 e. The van der Waals surface area contributed by atoms with E-state index in [0.717, 1.165) is 16.0 Å². The number of nitrogens with zero attached hydrogens (tertiary/aromatic N) is 2. The zero-order chi connectivity index (χ0) is 12.4. The minimum Gasteiger partial charge on any atom is -0.334 e. The van der Waals surface area contributed by atoms with Crippen molar-refractivity contribution in [2.75, 3.05) is 0 Å². The second kappa shape index (κ2) is 4.72. The minimum atomic E-state index is 0.500. The molecule has 3 aromatic rings. The predicted octanol–water partition coefficient (Wildman–Crippen LogP) is 2.92. The van der Waals surface area contributed by atoms with Crippen molar-refractivity contribution in [2.45, 2.75) is 6.54 Å². The zero-order valence-electron chi connectivity index (χ0n) is 9.54. The molecule has 3 rings (SSSR count). The SMILES string of the molecule is NCc1cccc(-c2nc(-c3cccs3)no2)c1. The number of thiophene rings is 1. The molecule has 5 heteroatoms. The van der Waals surface area contributed by atoms with Crippen molar-refractivity contribution in [3.63, 3.8) is 0 Å². The van der Waals surface area contributed by atoms with Crippen LogP contribution in [0.15, 0.2) is 46.3 Å². The molecule has 0 spiro atoms. The van der Waals surface area contributed by atoms with E-state index in [0.29, 0.717) is 18.3 Å². The van der Waals surface area contributed by atoms with Gasteiger partial charge in [-0.3, -0.25) is 0 Å². The van der Waals surface area contributed by atoms with Crippen molar-refractivity contribution in [3.8, 4) is 22.2 Å². The molecule has 0 radical (unpaired) electrons. The third-order valence-electron chi connectivity index (χ3n) is 2.58. The zero-order valence-corrected chi connectivity index (χ0v) is 10.4. The molecule has 0 saturated carbocycles. The summed E-state index contributed by atoms with van der Waals surface area (Å²) >= 11 is 1.59. The van der Waals surface area contributed by atoms with Gasteiger partial charge in [-0.2, -0.15) is 4.98 Å². The van der Waals surface area contributed by atoms with E-state index in [1.807, 2.05) is 41.8 Å². The van der Waals surface area contributed by atoms with Gasteiger partial charge < -0.3 is 10.3 Å². The van der Waals surface area contributed by atoms with Gasteiger partial charge >= 0.3 is 0 Å². The molecule has 4 nitrogen and oxygen atoms in total. The lowest BCUT2D eigenvalue weighted by molar-refractivity contribution is 0.432. The maximum atomic E-state index is 5.61. The molecule has 18 heavy (non-hydrogen) atoms. The first kappa shape index (κ1) is 11.1. The fourth-order valence-corrected chi connectivity index (χ4v) is 2.33. The van der Waals surface area contributed by atoms with Gasteiger partial charge in [-0.25, -0.2) is 0 Å². The van der Waals surface area contributed by atoms with Crippen LogP contribution in [0.2, 0.25) is 0 Å². The maximum absolute atomic E-state index is 5.61. The van der Waals surface area contributed by atoms with Crippen molar-refractivity contribution in [2.24, 2.45) is 5.73 Å². The molecule has 0 unspecified atom stereocenters. The number of hydrogen-bond acceptors (Lipinski definition) is 5. The second-order valence-electron chi connectivity index (χ2n) is 3.80. The fraction of sp³-hybridized carbons (Fsp3) is 0.0769. The highest BCUT2D eigenvalue weighted by Crippen LogP contribution is 2.25. The first-order valence-corrected chi connectivity index (χ1v) is 6.42. The highest BCUT2D eigenvalue weighted by atomic mass is 32.1. The number of benzene rings is 1. The lowest BCUT2D eigenvalue weighted by Crippen LogP contribution is -1.95. The van der Waals surface area contributed by atoms with Crippen LogP contribution in [0.3, 0.4) is 0 Å². The van der Waals surface area contributed by atoms with Crippen LogP contribution in [0.1, 0.15) is 5.56 Å². The van der Waals surface area contributed by atoms with Gasteiger partial charge in [-0.1, -0.05) is 23.4 Å². The van der Waals surface area contributed by atoms with Crippen LogP contribution >= 0.6 is 11.3 Å². The average Bonchev–Trinajstić information content (AvgIpc) is 3.09. The Kier molecular flexibility index (Phi) is 2.92. The summed E-state index contributed by atoms with van der Waals surface area (Å²) in [7, 11) is 0. The third kappa shape index (κ3) is 2.05. The molecule has 2 heterocycles. The van der Waals surface area contributed by atoms with Crippen molar-refractivity contribution in [3.05, 3.63) is 47.3 Å². The van der Waals surface area contributed by atoms with Crippen molar-refractivity contribution >= 4 is 11.3 Å². The van der Waals surface area contributed by atoms with E-state index in [1.165, 1.54) is 0 Å². The van der Waals surface area contributed by atoms with Crippen molar-refractivity contribution in [1.82, 2.24) is 10.1 Å². The monoisotopic (exact) mass is 257 g/mol. The van der Waals surface area contributed by atoms with Crippen molar-refractivity contribution in [1.29, 1.82) is 0 Å². The van der Waals surface area contributed by atoms with E-state index < -0.39 is 0 Å². The minimum absolute atomic E-state index is 0.500. The van der Waals surface area contributed by atoms with Crippen LogP contribution < -0.4 is 5.73 Å². The molecule has 0 bridgehead atoms. The van der Waals surface area contributed by atoms with Gasteiger partial charge in [0.2, 0.25) is 5.82 Å². The molecular weight excluding hydrogens is 246 g/mol. The van der Waals surface area contributed by atoms with Crippen LogP contribution in [0.5, 0.6) is 0 Å². The Bertz CT molecular complexity index is 646. The van der Waals surface area contributed by atoms with Crippen LogP contribution in [0.4, 0.5) is 0 Å². The van der Waals surface area contributed by atoms with E-state index in [2.05, 4.69) is 10.1 Å². The van der Waals surface area contributed by atoms with Gasteiger partial charge in [0.25, 0.3) is 5.89 Å². The summed E-state index contributed by atoms with van der Waals surface area (Å²) in [5.41, 5.74) is 7.56. The van der Waals surface area contributed by atoms with E-state index in [1.54, 1.807) is 11.3 Å². The summed E-state index contributed by atoms with van der Waals surface area (Å²) in [6.45, 7) is 0.500. The lowest BCUT2D eigenvalue weighted by atomic mass is 10.1. The molecule has 2 aromatic heterocycles. The largest absolute Gasteiger partial charge is 0.334 e. The molecule has 1 aromatic carbocycles. The molecule has 2 N–H and O–H groups in total. The van der Waals surface area contributed by atoms with Gasteiger partial charge in [-0.15, -0.1) is 11.3 Å². The van der Waals surface area contributed by atoms with Gasteiger partial charge in [-0.05, 0) is 29.1 Å². The summed E-state index contributed by atoms with van der Waals surface area (Å²) < 4.78 is 5.28. The Labute approximate surface area is 108 Å². The molecule has 0 atom stereocenters. The van der Waals surface area contributed by atoms with E-state index in [9.17, 15) is 0 Å². The standard InChI is InChI=1S/C13H11N3OS/c14-8-9-3-1-4-10(7-9)13-15-12(16-17-13)11-5-2-6-18-11/h1-7H,8,14H2. The van der Waals surface area contributed by atoms with Crippen LogP contribution in [0, 0.1) is 0 Å².